The van der Waals surface area contributed by atoms with Crippen LogP contribution < -0.4 is 4.90 Å². The zero-order chi connectivity index (χ0) is 17.3. The van der Waals surface area contributed by atoms with Gasteiger partial charge in [-0.15, -0.1) is 0 Å². The zero-order valence-corrected chi connectivity index (χ0v) is 14.2. The molecule has 0 saturated carbocycles. The lowest BCUT2D eigenvalue weighted by atomic mass is 10.1. The average molecular weight is 323 g/mol. The van der Waals surface area contributed by atoms with Crippen molar-refractivity contribution in [3.05, 3.63) is 65.2 Å². The standard InChI is InChI=1S/C20H21NO3/c1-20(2,3)24-18(22)12-14-8-10-16(11-9-14)21-13-15-6-4-5-7-17(15)19(21)23/h4-11H,12-13H2,1-3H3. The normalized spacial score (nSPS) is 13.8. The van der Waals surface area contributed by atoms with E-state index in [9.17, 15) is 9.59 Å². The largest absolute Gasteiger partial charge is 0.460 e. The molecule has 0 unspecified atom stereocenters. The summed E-state index contributed by atoms with van der Waals surface area (Å²) in [6, 6.07) is 15.2. The van der Waals surface area contributed by atoms with E-state index in [-0.39, 0.29) is 18.3 Å². The number of carbonyl (C=O) groups is 2. The molecule has 1 heterocycles. The minimum absolute atomic E-state index is 0.0190. The number of benzene rings is 2. The molecule has 2 aromatic rings. The van der Waals surface area contributed by atoms with Gasteiger partial charge in [-0.1, -0.05) is 30.3 Å². The van der Waals surface area contributed by atoms with E-state index in [4.69, 9.17) is 4.74 Å². The molecule has 0 N–H and O–H groups in total. The molecule has 24 heavy (non-hydrogen) atoms. The molecule has 2 aromatic carbocycles. The van der Waals surface area contributed by atoms with Gasteiger partial charge in [-0.05, 0) is 50.1 Å². The fourth-order valence-electron chi connectivity index (χ4n) is 2.80. The van der Waals surface area contributed by atoms with Gasteiger partial charge in [0.15, 0.2) is 0 Å². The number of rotatable bonds is 3. The molecule has 0 spiro atoms. The van der Waals surface area contributed by atoms with E-state index in [1.165, 1.54) is 0 Å². The first kappa shape index (κ1) is 16.2. The second kappa shape index (κ2) is 6.11. The summed E-state index contributed by atoms with van der Waals surface area (Å²) >= 11 is 0. The summed E-state index contributed by atoms with van der Waals surface area (Å²) in [5.41, 5.74) is 3.03. The molecule has 1 aliphatic rings. The molecule has 4 heteroatoms. The van der Waals surface area contributed by atoms with Crippen LogP contribution in [-0.4, -0.2) is 17.5 Å². The molecule has 124 valence electrons. The maximum atomic E-state index is 12.5. The predicted molar refractivity (Wildman–Crippen MR) is 92.9 cm³/mol. The Labute approximate surface area is 142 Å². The fourth-order valence-corrected chi connectivity index (χ4v) is 2.80. The van der Waals surface area contributed by atoms with Gasteiger partial charge in [-0.3, -0.25) is 9.59 Å². The summed E-state index contributed by atoms with van der Waals surface area (Å²) in [5, 5.41) is 0. The number of ether oxygens (including phenoxy) is 1. The van der Waals surface area contributed by atoms with Crippen molar-refractivity contribution in [1.82, 2.24) is 0 Å². The van der Waals surface area contributed by atoms with E-state index in [0.717, 1.165) is 22.4 Å². The molecule has 0 radical (unpaired) electrons. The van der Waals surface area contributed by atoms with Crippen LogP contribution in [-0.2, 0) is 22.5 Å². The Balaban J connectivity index is 1.70. The van der Waals surface area contributed by atoms with Crippen molar-refractivity contribution in [1.29, 1.82) is 0 Å². The molecular formula is C20H21NO3. The average Bonchev–Trinajstić information content (AvgIpc) is 2.84. The number of fused-ring (bicyclic) bond motifs is 1. The van der Waals surface area contributed by atoms with Crippen molar-refractivity contribution in [2.24, 2.45) is 0 Å². The number of amides is 1. The molecular weight excluding hydrogens is 302 g/mol. The molecule has 0 saturated heterocycles. The van der Waals surface area contributed by atoms with E-state index in [1.54, 1.807) is 4.90 Å². The molecule has 0 atom stereocenters. The predicted octanol–water partition coefficient (Wildman–Crippen LogP) is 3.73. The molecule has 0 aliphatic carbocycles. The van der Waals surface area contributed by atoms with E-state index < -0.39 is 5.60 Å². The van der Waals surface area contributed by atoms with E-state index in [1.807, 2.05) is 69.3 Å². The van der Waals surface area contributed by atoms with Gasteiger partial charge in [0.25, 0.3) is 5.91 Å². The van der Waals surface area contributed by atoms with Crippen molar-refractivity contribution in [2.75, 3.05) is 4.90 Å². The number of carbonyl (C=O) groups excluding carboxylic acids is 2. The Bertz CT molecular complexity index is 772. The molecule has 1 aliphatic heterocycles. The summed E-state index contributed by atoms with van der Waals surface area (Å²) in [4.78, 5) is 26.1. The molecule has 0 aromatic heterocycles. The summed E-state index contributed by atoms with van der Waals surface area (Å²) in [7, 11) is 0. The number of nitrogens with zero attached hydrogens (tertiary/aromatic N) is 1. The van der Waals surface area contributed by atoms with Crippen LogP contribution in [0.5, 0.6) is 0 Å². The third-order valence-corrected chi connectivity index (χ3v) is 3.84. The quantitative estimate of drug-likeness (QED) is 0.809. The fraction of sp³-hybridized carbons (Fsp3) is 0.300. The lowest BCUT2D eigenvalue weighted by molar-refractivity contribution is -0.153. The minimum atomic E-state index is -0.481. The van der Waals surface area contributed by atoms with Crippen molar-refractivity contribution >= 4 is 17.6 Å². The van der Waals surface area contributed by atoms with Gasteiger partial charge in [0.2, 0.25) is 0 Å². The highest BCUT2D eigenvalue weighted by Gasteiger charge is 2.27. The van der Waals surface area contributed by atoms with Crippen molar-refractivity contribution in [3.63, 3.8) is 0 Å². The van der Waals surface area contributed by atoms with Crippen molar-refractivity contribution < 1.29 is 14.3 Å². The van der Waals surface area contributed by atoms with Gasteiger partial charge in [0.1, 0.15) is 5.60 Å². The maximum Gasteiger partial charge on any atom is 0.310 e. The first-order chi connectivity index (χ1) is 11.3. The Morgan fingerprint density at radius 1 is 1.08 bits per heavy atom. The van der Waals surface area contributed by atoms with Gasteiger partial charge >= 0.3 is 5.97 Å². The van der Waals surface area contributed by atoms with Crippen LogP contribution in [0.15, 0.2) is 48.5 Å². The third-order valence-electron chi connectivity index (χ3n) is 3.84. The van der Waals surface area contributed by atoms with Crippen LogP contribution in [0, 0.1) is 0 Å². The number of esters is 1. The van der Waals surface area contributed by atoms with Crippen LogP contribution in [0.3, 0.4) is 0 Å². The van der Waals surface area contributed by atoms with Crippen LogP contribution in [0.25, 0.3) is 0 Å². The topological polar surface area (TPSA) is 46.6 Å². The van der Waals surface area contributed by atoms with Crippen LogP contribution in [0.2, 0.25) is 0 Å². The highest BCUT2D eigenvalue weighted by atomic mass is 16.6. The minimum Gasteiger partial charge on any atom is -0.460 e. The SMILES string of the molecule is CC(C)(C)OC(=O)Cc1ccc(N2Cc3ccccc3C2=O)cc1. The summed E-state index contributed by atoms with van der Waals surface area (Å²) in [6.45, 7) is 6.14. The molecule has 3 rings (SSSR count). The van der Waals surface area contributed by atoms with E-state index >= 15 is 0 Å². The highest BCUT2D eigenvalue weighted by molar-refractivity contribution is 6.09. The third kappa shape index (κ3) is 3.48. The first-order valence-corrected chi connectivity index (χ1v) is 8.04. The highest BCUT2D eigenvalue weighted by Crippen LogP contribution is 2.28. The number of anilines is 1. The lowest BCUT2D eigenvalue weighted by Gasteiger charge is -2.20. The first-order valence-electron chi connectivity index (χ1n) is 8.04. The van der Waals surface area contributed by atoms with Gasteiger partial charge in [-0.2, -0.15) is 0 Å². The number of hydrogen-bond acceptors (Lipinski definition) is 3. The van der Waals surface area contributed by atoms with Gasteiger partial charge in [0, 0.05) is 11.3 Å². The van der Waals surface area contributed by atoms with Crippen LogP contribution in [0.4, 0.5) is 5.69 Å². The van der Waals surface area contributed by atoms with Crippen molar-refractivity contribution in [2.45, 2.75) is 39.3 Å². The van der Waals surface area contributed by atoms with Crippen LogP contribution in [0.1, 0.15) is 42.3 Å². The van der Waals surface area contributed by atoms with Gasteiger partial charge in [0.05, 0.1) is 13.0 Å². The molecule has 1 amide bonds. The van der Waals surface area contributed by atoms with E-state index in [0.29, 0.717) is 6.54 Å². The summed E-state index contributed by atoms with van der Waals surface area (Å²) in [5.74, 6) is -0.231. The smallest absolute Gasteiger partial charge is 0.310 e. The Kier molecular flexibility index (Phi) is 4.14. The molecule has 4 nitrogen and oxygen atoms in total. The van der Waals surface area contributed by atoms with Gasteiger partial charge < -0.3 is 9.64 Å². The van der Waals surface area contributed by atoms with Gasteiger partial charge in [-0.25, -0.2) is 0 Å². The Morgan fingerprint density at radius 3 is 2.38 bits per heavy atom. The Hall–Kier alpha value is -2.62. The summed E-state index contributed by atoms with van der Waals surface area (Å²) in [6.07, 6.45) is 0.228. The zero-order valence-electron chi connectivity index (χ0n) is 14.2. The second-order valence-electron chi connectivity index (χ2n) is 6.98. The molecule has 0 fully saturated rings. The van der Waals surface area contributed by atoms with Crippen molar-refractivity contribution in [3.8, 4) is 0 Å². The summed E-state index contributed by atoms with van der Waals surface area (Å²) < 4.78 is 5.33. The lowest BCUT2D eigenvalue weighted by Crippen LogP contribution is -2.25. The van der Waals surface area contributed by atoms with E-state index in [2.05, 4.69) is 0 Å². The Morgan fingerprint density at radius 2 is 1.75 bits per heavy atom. The monoisotopic (exact) mass is 323 g/mol. The maximum absolute atomic E-state index is 12.5. The molecule has 0 bridgehead atoms. The van der Waals surface area contributed by atoms with Crippen LogP contribution >= 0.6 is 0 Å². The second-order valence-corrected chi connectivity index (χ2v) is 6.98. The number of hydrogen-bond donors (Lipinski definition) is 0.